The van der Waals surface area contributed by atoms with Crippen molar-refractivity contribution in [2.24, 2.45) is 0 Å². The average Bonchev–Trinajstić information content (AvgIpc) is 2.63. The van der Waals surface area contributed by atoms with Crippen LogP contribution in [0.4, 0.5) is 0 Å². The summed E-state index contributed by atoms with van der Waals surface area (Å²) in [5.41, 5.74) is 3.09. The smallest absolute Gasteiger partial charge is 0.108 e. The molecule has 1 aromatic carbocycles. The van der Waals surface area contributed by atoms with Crippen molar-refractivity contribution in [3.05, 3.63) is 52.1 Å². The Labute approximate surface area is 105 Å². The van der Waals surface area contributed by atoms with E-state index in [1.54, 1.807) is 0 Å². The van der Waals surface area contributed by atoms with Crippen molar-refractivity contribution in [2.45, 2.75) is 19.8 Å². The zero-order valence-electron chi connectivity index (χ0n) is 9.70. The van der Waals surface area contributed by atoms with Crippen LogP contribution in [0.3, 0.4) is 0 Å². The normalized spacial score (nSPS) is 10.8. The van der Waals surface area contributed by atoms with E-state index in [1.165, 1.54) is 0 Å². The molecule has 0 saturated heterocycles. The Hall–Kier alpha value is -1.32. The molecule has 2 N–H and O–H groups in total. The van der Waals surface area contributed by atoms with Crippen LogP contribution in [0.1, 0.15) is 22.8 Å². The quantitative estimate of drug-likeness (QED) is 0.876. The van der Waals surface area contributed by atoms with E-state index >= 15 is 0 Å². The standard InChI is InChI=1S/C13H15ClN2O/c1-9-12(16-13(15-9)6-7-17)8-10-4-2-3-5-11(10)14/h2-5,17H,6-8H2,1H3,(H,15,16). The summed E-state index contributed by atoms with van der Waals surface area (Å²) >= 11 is 6.12. The Kier molecular flexibility index (Phi) is 3.82. The summed E-state index contributed by atoms with van der Waals surface area (Å²) in [6.07, 6.45) is 1.27. The number of H-pyrrole nitrogens is 1. The molecule has 0 radical (unpaired) electrons. The number of aromatic amines is 1. The first kappa shape index (κ1) is 12.1. The predicted octanol–water partition coefficient (Wildman–Crippen LogP) is 2.50. The van der Waals surface area contributed by atoms with Crippen molar-refractivity contribution in [3.8, 4) is 0 Å². The fourth-order valence-electron chi connectivity index (χ4n) is 1.78. The van der Waals surface area contributed by atoms with E-state index in [1.807, 2.05) is 31.2 Å². The largest absolute Gasteiger partial charge is 0.396 e. The Morgan fingerprint density at radius 3 is 2.82 bits per heavy atom. The van der Waals surface area contributed by atoms with Crippen LogP contribution in [-0.4, -0.2) is 21.7 Å². The highest BCUT2D eigenvalue weighted by Gasteiger charge is 2.08. The Balaban J connectivity index is 2.21. The maximum absolute atomic E-state index is 8.87. The van der Waals surface area contributed by atoms with Gasteiger partial charge in [0.05, 0.1) is 12.3 Å². The Morgan fingerprint density at radius 1 is 1.35 bits per heavy atom. The molecule has 2 aromatic rings. The highest BCUT2D eigenvalue weighted by atomic mass is 35.5. The summed E-state index contributed by atoms with van der Waals surface area (Å²) in [5.74, 6) is 0.826. The van der Waals surface area contributed by atoms with Crippen LogP contribution in [0.2, 0.25) is 5.02 Å². The minimum Gasteiger partial charge on any atom is -0.396 e. The van der Waals surface area contributed by atoms with E-state index in [9.17, 15) is 0 Å². The zero-order valence-corrected chi connectivity index (χ0v) is 10.5. The van der Waals surface area contributed by atoms with Crippen molar-refractivity contribution < 1.29 is 5.11 Å². The highest BCUT2D eigenvalue weighted by Crippen LogP contribution is 2.19. The van der Waals surface area contributed by atoms with Crippen molar-refractivity contribution in [1.29, 1.82) is 0 Å². The van der Waals surface area contributed by atoms with Gasteiger partial charge in [0.25, 0.3) is 0 Å². The summed E-state index contributed by atoms with van der Waals surface area (Å²) in [4.78, 5) is 7.63. The maximum atomic E-state index is 8.87. The Morgan fingerprint density at radius 2 is 2.12 bits per heavy atom. The van der Waals surface area contributed by atoms with Gasteiger partial charge in [-0.1, -0.05) is 29.8 Å². The molecule has 0 aliphatic rings. The molecule has 0 unspecified atom stereocenters. The van der Waals surface area contributed by atoms with Gasteiger partial charge in [-0.25, -0.2) is 4.98 Å². The second kappa shape index (κ2) is 5.34. The molecular formula is C13H15ClN2O. The molecule has 0 spiro atoms. The van der Waals surface area contributed by atoms with Gasteiger partial charge in [-0.15, -0.1) is 0 Å². The van der Waals surface area contributed by atoms with Crippen LogP contribution in [0, 0.1) is 6.92 Å². The third kappa shape index (κ3) is 2.87. The molecule has 0 saturated carbocycles. The second-order valence-electron chi connectivity index (χ2n) is 4.00. The van der Waals surface area contributed by atoms with E-state index in [4.69, 9.17) is 16.7 Å². The molecule has 0 atom stereocenters. The lowest BCUT2D eigenvalue weighted by Crippen LogP contribution is -1.94. The Bertz CT molecular complexity index is 508. The van der Waals surface area contributed by atoms with Gasteiger partial charge in [0.2, 0.25) is 0 Å². The lowest BCUT2D eigenvalue weighted by molar-refractivity contribution is 0.297. The number of nitrogens with one attached hydrogen (secondary N) is 1. The van der Waals surface area contributed by atoms with Crippen molar-refractivity contribution >= 4 is 11.6 Å². The number of benzene rings is 1. The predicted molar refractivity (Wildman–Crippen MR) is 68.4 cm³/mol. The maximum Gasteiger partial charge on any atom is 0.108 e. The van der Waals surface area contributed by atoms with Crippen LogP contribution >= 0.6 is 11.6 Å². The number of imidazole rings is 1. The molecule has 0 fully saturated rings. The number of aromatic nitrogens is 2. The molecule has 1 heterocycles. The number of aryl methyl sites for hydroxylation is 1. The third-order valence-corrected chi connectivity index (χ3v) is 3.07. The molecule has 0 amide bonds. The van der Waals surface area contributed by atoms with Gasteiger partial charge in [-0.3, -0.25) is 0 Å². The summed E-state index contributed by atoms with van der Waals surface area (Å²) in [7, 11) is 0. The summed E-state index contributed by atoms with van der Waals surface area (Å²) < 4.78 is 0. The van der Waals surface area contributed by atoms with E-state index in [0.29, 0.717) is 12.8 Å². The molecule has 1 aromatic heterocycles. The van der Waals surface area contributed by atoms with Gasteiger partial charge < -0.3 is 10.1 Å². The number of halogens is 1. The van der Waals surface area contributed by atoms with Gasteiger partial charge in [0.15, 0.2) is 0 Å². The van der Waals surface area contributed by atoms with Crippen LogP contribution in [-0.2, 0) is 12.8 Å². The van der Waals surface area contributed by atoms with Gasteiger partial charge >= 0.3 is 0 Å². The van der Waals surface area contributed by atoms with E-state index < -0.39 is 0 Å². The monoisotopic (exact) mass is 250 g/mol. The lowest BCUT2D eigenvalue weighted by Gasteiger charge is -2.01. The molecule has 4 heteroatoms. The SMILES string of the molecule is Cc1[nH]c(CCO)nc1Cc1ccccc1Cl. The average molecular weight is 251 g/mol. The molecule has 17 heavy (non-hydrogen) atoms. The minimum atomic E-state index is 0.110. The summed E-state index contributed by atoms with van der Waals surface area (Å²) in [5, 5.41) is 9.64. The fourth-order valence-corrected chi connectivity index (χ4v) is 1.98. The molecule has 0 bridgehead atoms. The summed E-state index contributed by atoms with van der Waals surface area (Å²) in [6, 6.07) is 7.77. The highest BCUT2D eigenvalue weighted by molar-refractivity contribution is 6.31. The summed E-state index contributed by atoms with van der Waals surface area (Å²) in [6.45, 7) is 2.10. The first-order chi connectivity index (χ1) is 8.20. The van der Waals surface area contributed by atoms with Gasteiger partial charge in [-0.2, -0.15) is 0 Å². The number of rotatable bonds is 4. The fraction of sp³-hybridized carbons (Fsp3) is 0.308. The number of aliphatic hydroxyl groups is 1. The molecule has 0 aliphatic carbocycles. The van der Waals surface area contributed by atoms with Gasteiger partial charge in [-0.05, 0) is 18.6 Å². The topological polar surface area (TPSA) is 48.9 Å². The molecule has 3 nitrogen and oxygen atoms in total. The molecule has 0 aliphatic heterocycles. The van der Waals surface area contributed by atoms with Gasteiger partial charge in [0, 0.05) is 23.6 Å². The zero-order chi connectivity index (χ0) is 12.3. The van der Waals surface area contributed by atoms with Crippen LogP contribution in [0.25, 0.3) is 0 Å². The van der Waals surface area contributed by atoms with Crippen molar-refractivity contribution in [1.82, 2.24) is 9.97 Å². The first-order valence-corrected chi connectivity index (χ1v) is 5.97. The number of hydrogen-bond donors (Lipinski definition) is 2. The lowest BCUT2D eigenvalue weighted by atomic mass is 10.1. The molecule has 90 valence electrons. The number of nitrogens with zero attached hydrogens (tertiary/aromatic N) is 1. The van der Waals surface area contributed by atoms with Crippen LogP contribution in [0.15, 0.2) is 24.3 Å². The second-order valence-corrected chi connectivity index (χ2v) is 4.40. The van der Waals surface area contributed by atoms with Crippen LogP contribution < -0.4 is 0 Å². The van der Waals surface area contributed by atoms with E-state index in [2.05, 4.69) is 9.97 Å². The van der Waals surface area contributed by atoms with Crippen molar-refractivity contribution in [2.75, 3.05) is 6.61 Å². The molecular weight excluding hydrogens is 236 g/mol. The van der Waals surface area contributed by atoms with Crippen molar-refractivity contribution in [3.63, 3.8) is 0 Å². The molecule has 2 rings (SSSR count). The van der Waals surface area contributed by atoms with Crippen LogP contribution in [0.5, 0.6) is 0 Å². The minimum absolute atomic E-state index is 0.110. The number of aliphatic hydroxyl groups excluding tert-OH is 1. The number of hydrogen-bond acceptors (Lipinski definition) is 2. The van der Waals surface area contributed by atoms with Gasteiger partial charge in [0.1, 0.15) is 5.82 Å². The first-order valence-electron chi connectivity index (χ1n) is 5.59. The van der Waals surface area contributed by atoms with E-state index in [0.717, 1.165) is 27.8 Å². The van der Waals surface area contributed by atoms with E-state index in [-0.39, 0.29) is 6.61 Å². The third-order valence-electron chi connectivity index (χ3n) is 2.70.